The highest BCUT2D eigenvalue weighted by Crippen LogP contribution is 2.20. The maximum atomic E-state index is 12.9. The first-order valence-electron chi connectivity index (χ1n) is 9.29. The fraction of sp³-hybridized carbons (Fsp3) is 0.318. The number of carbonyl (C=O) groups is 3. The van der Waals surface area contributed by atoms with E-state index >= 15 is 0 Å². The van der Waals surface area contributed by atoms with Crippen LogP contribution in [0.2, 0.25) is 0 Å². The van der Waals surface area contributed by atoms with Gasteiger partial charge in [0.15, 0.2) is 0 Å². The first-order valence-corrected chi connectivity index (χ1v) is 11.7. The second-order valence-corrected chi connectivity index (χ2v) is 8.51. The fourth-order valence-corrected chi connectivity index (χ4v) is 4.14. The van der Waals surface area contributed by atoms with Crippen molar-refractivity contribution in [1.82, 2.24) is 5.32 Å². The molecule has 0 fully saturated rings. The number of rotatable bonds is 11. The van der Waals surface area contributed by atoms with Gasteiger partial charge in [0.1, 0.15) is 6.04 Å². The van der Waals surface area contributed by atoms with Crippen LogP contribution in [-0.4, -0.2) is 45.9 Å². The predicted octanol–water partition coefficient (Wildman–Crippen LogP) is 3.74. The van der Waals surface area contributed by atoms with Gasteiger partial charge in [0.2, 0.25) is 11.0 Å². The van der Waals surface area contributed by atoms with Crippen molar-refractivity contribution in [3.05, 3.63) is 71.8 Å². The number of hydrogen-bond acceptors (Lipinski definition) is 5. The second kappa shape index (κ2) is 12.3. The Hall–Kier alpha value is -2.25. The molecule has 29 heavy (non-hydrogen) atoms. The van der Waals surface area contributed by atoms with Gasteiger partial charge in [-0.3, -0.25) is 9.59 Å². The number of carbonyl (C=O) groups excluding carboxylic acids is 2. The number of hydrogen-bond donors (Lipinski definition) is 2. The summed E-state index contributed by atoms with van der Waals surface area (Å²) in [6, 6.07) is 17.5. The normalized spacial score (nSPS) is 12.7. The van der Waals surface area contributed by atoms with Gasteiger partial charge in [0, 0.05) is 11.3 Å². The minimum absolute atomic E-state index is 0.103. The van der Waals surface area contributed by atoms with Crippen LogP contribution in [0.4, 0.5) is 0 Å². The zero-order chi connectivity index (χ0) is 21.1. The summed E-state index contributed by atoms with van der Waals surface area (Å²) < 4.78 is 0. The molecule has 2 aromatic rings. The molecular formula is C22H25NO4S2. The second-order valence-electron chi connectivity index (χ2n) is 6.53. The lowest BCUT2D eigenvalue weighted by molar-refractivity contribution is -0.142. The van der Waals surface area contributed by atoms with E-state index in [0.29, 0.717) is 24.2 Å². The van der Waals surface area contributed by atoms with Crippen LogP contribution in [0.5, 0.6) is 0 Å². The first kappa shape index (κ1) is 23.0. The highest BCUT2D eigenvalue weighted by atomic mass is 32.2. The Balaban J connectivity index is 2.08. The van der Waals surface area contributed by atoms with Crippen LogP contribution >= 0.6 is 23.5 Å². The Morgan fingerprint density at radius 3 is 2.21 bits per heavy atom. The summed E-state index contributed by atoms with van der Waals surface area (Å²) in [6.07, 6.45) is 2.69. The summed E-state index contributed by atoms with van der Waals surface area (Å²) in [6.45, 7) is 0. The van der Waals surface area contributed by atoms with E-state index < -0.39 is 17.9 Å². The third-order valence-corrected chi connectivity index (χ3v) is 6.06. The van der Waals surface area contributed by atoms with Crippen molar-refractivity contribution in [3.8, 4) is 0 Å². The summed E-state index contributed by atoms with van der Waals surface area (Å²) in [4.78, 5) is 36.8. The van der Waals surface area contributed by atoms with Crippen LogP contribution in [0.3, 0.4) is 0 Å². The molecule has 2 aromatic carbocycles. The maximum Gasteiger partial charge on any atom is 0.326 e. The van der Waals surface area contributed by atoms with E-state index in [2.05, 4.69) is 5.32 Å². The van der Waals surface area contributed by atoms with Gasteiger partial charge < -0.3 is 10.4 Å². The Morgan fingerprint density at radius 2 is 1.62 bits per heavy atom. The van der Waals surface area contributed by atoms with E-state index in [4.69, 9.17) is 0 Å². The molecule has 0 radical (unpaired) electrons. The molecule has 0 aliphatic carbocycles. The largest absolute Gasteiger partial charge is 0.480 e. The monoisotopic (exact) mass is 431 g/mol. The van der Waals surface area contributed by atoms with E-state index in [1.165, 1.54) is 11.8 Å². The van der Waals surface area contributed by atoms with E-state index in [9.17, 15) is 19.5 Å². The van der Waals surface area contributed by atoms with Crippen molar-refractivity contribution < 1.29 is 19.5 Å². The quantitative estimate of drug-likeness (QED) is 0.564. The molecule has 1 amide bonds. The molecule has 0 saturated carbocycles. The molecule has 154 valence electrons. The summed E-state index contributed by atoms with van der Waals surface area (Å²) in [5.74, 6) is -0.966. The zero-order valence-corrected chi connectivity index (χ0v) is 17.9. The highest BCUT2D eigenvalue weighted by molar-refractivity contribution is 8.14. The van der Waals surface area contributed by atoms with Crippen LogP contribution in [0, 0.1) is 5.92 Å². The SMILES string of the molecule is CSCC[C@H](NC(=O)C(CSC(=O)c1ccccc1)Cc1ccccc1)C(=O)O. The van der Waals surface area contributed by atoms with Crippen molar-refractivity contribution >= 4 is 40.5 Å². The van der Waals surface area contributed by atoms with Crippen molar-refractivity contribution in [2.75, 3.05) is 17.8 Å². The average molecular weight is 432 g/mol. The molecule has 0 aliphatic heterocycles. The van der Waals surface area contributed by atoms with Crippen molar-refractivity contribution in [1.29, 1.82) is 0 Å². The molecule has 0 heterocycles. The number of thioether (sulfide) groups is 2. The topological polar surface area (TPSA) is 83.5 Å². The molecular weight excluding hydrogens is 406 g/mol. The number of carboxylic acids is 1. The number of nitrogens with one attached hydrogen (secondary N) is 1. The van der Waals surface area contributed by atoms with Gasteiger partial charge in [-0.1, -0.05) is 72.4 Å². The standard InChI is InChI=1S/C22H25NO4S2/c1-28-13-12-19(21(25)26)23-20(24)18(14-16-8-4-2-5-9-16)15-29-22(27)17-10-6-3-7-11-17/h2-11,18-19H,12-15H2,1H3,(H,23,24)(H,25,26)/t18?,19-/m0/s1. The Bertz CT molecular complexity index is 799. The molecule has 0 aromatic heterocycles. The van der Waals surface area contributed by atoms with Crippen LogP contribution in [0.1, 0.15) is 22.3 Å². The van der Waals surface area contributed by atoms with Gasteiger partial charge in [-0.05, 0) is 30.4 Å². The number of aliphatic carboxylic acids is 1. The van der Waals surface area contributed by atoms with Gasteiger partial charge in [-0.25, -0.2) is 4.79 Å². The van der Waals surface area contributed by atoms with E-state index in [0.717, 1.165) is 17.3 Å². The van der Waals surface area contributed by atoms with Crippen molar-refractivity contribution in [2.45, 2.75) is 18.9 Å². The summed E-state index contributed by atoms with van der Waals surface area (Å²) in [5, 5.41) is 12.0. The third kappa shape index (κ3) is 7.95. The van der Waals surface area contributed by atoms with Gasteiger partial charge >= 0.3 is 5.97 Å². The summed E-state index contributed by atoms with van der Waals surface area (Å²) in [5.41, 5.74) is 1.55. The number of benzene rings is 2. The van der Waals surface area contributed by atoms with Crippen LogP contribution in [0.15, 0.2) is 60.7 Å². The first-order chi connectivity index (χ1) is 14.0. The predicted molar refractivity (Wildman–Crippen MR) is 119 cm³/mol. The lowest BCUT2D eigenvalue weighted by Crippen LogP contribution is -2.45. The zero-order valence-electron chi connectivity index (χ0n) is 16.2. The molecule has 5 nitrogen and oxygen atoms in total. The molecule has 2 atom stereocenters. The van der Waals surface area contributed by atoms with Gasteiger partial charge in [0.25, 0.3) is 0 Å². The molecule has 7 heteroatoms. The lowest BCUT2D eigenvalue weighted by atomic mass is 9.99. The molecule has 0 bridgehead atoms. The molecule has 0 spiro atoms. The van der Waals surface area contributed by atoms with Gasteiger partial charge in [0.05, 0.1) is 5.92 Å². The van der Waals surface area contributed by atoms with Crippen molar-refractivity contribution in [3.63, 3.8) is 0 Å². The molecule has 2 N–H and O–H groups in total. The smallest absolute Gasteiger partial charge is 0.326 e. The molecule has 0 aliphatic rings. The third-order valence-electron chi connectivity index (χ3n) is 4.35. The minimum Gasteiger partial charge on any atom is -0.480 e. The lowest BCUT2D eigenvalue weighted by Gasteiger charge is -2.20. The van der Waals surface area contributed by atoms with E-state index in [1.54, 1.807) is 24.3 Å². The number of carboxylic acid groups (broad SMARTS) is 1. The van der Waals surface area contributed by atoms with Gasteiger partial charge in [-0.15, -0.1) is 0 Å². The summed E-state index contributed by atoms with van der Waals surface area (Å²) in [7, 11) is 0. The minimum atomic E-state index is -1.04. The number of amides is 1. The Morgan fingerprint density at radius 1 is 1.00 bits per heavy atom. The van der Waals surface area contributed by atoms with Crippen molar-refractivity contribution in [2.24, 2.45) is 5.92 Å². The van der Waals surface area contributed by atoms with Crippen LogP contribution < -0.4 is 5.32 Å². The van der Waals surface area contributed by atoms with Crippen LogP contribution in [-0.2, 0) is 16.0 Å². The average Bonchev–Trinajstić information content (AvgIpc) is 2.74. The van der Waals surface area contributed by atoms with E-state index in [1.807, 2.05) is 42.7 Å². The van der Waals surface area contributed by atoms with E-state index in [-0.39, 0.29) is 16.8 Å². The Labute approximate surface area is 179 Å². The molecule has 0 saturated heterocycles. The Kier molecular flexibility index (Phi) is 9.80. The fourth-order valence-electron chi connectivity index (χ4n) is 2.74. The molecule has 1 unspecified atom stereocenters. The van der Waals surface area contributed by atoms with Crippen LogP contribution in [0.25, 0.3) is 0 Å². The maximum absolute atomic E-state index is 12.9. The molecule has 2 rings (SSSR count). The highest BCUT2D eigenvalue weighted by Gasteiger charge is 2.26. The van der Waals surface area contributed by atoms with Gasteiger partial charge in [-0.2, -0.15) is 11.8 Å². The summed E-state index contributed by atoms with van der Waals surface area (Å²) >= 11 is 2.62.